The van der Waals surface area contributed by atoms with E-state index in [1.807, 2.05) is 12.1 Å². The summed E-state index contributed by atoms with van der Waals surface area (Å²) < 4.78 is 44.6. The van der Waals surface area contributed by atoms with Gasteiger partial charge in [-0.3, -0.25) is 18.7 Å². The monoisotopic (exact) mass is 740 g/mol. The third kappa shape index (κ3) is 9.01. The number of aromatic nitrogens is 4. The van der Waals surface area contributed by atoms with Crippen LogP contribution in [-0.4, -0.2) is 98.5 Å². The molecule has 6 atom stereocenters. The number of methoxy groups -OCH3 is 1. The lowest BCUT2D eigenvalue weighted by atomic mass is 9.96. The highest BCUT2D eigenvalue weighted by atomic mass is 31.2. The molecule has 1 aliphatic rings. The van der Waals surface area contributed by atoms with Crippen LogP contribution >= 0.6 is 7.67 Å². The van der Waals surface area contributed by atoms with Crippen molar-refractivity contribution in [2.45, 2.75) is 76.7 Å². The Morgan fingerprint density at radius 3 is 2.00 bits per heavy atom. The second-order valence-electron chi connectivity index (χ2n) is 12.4. The number of benzene rings is 2. The summed E-state index contributed by atoms with van der Waals surface area (Å²) in [7, 11) is -3.01. The SMILES string of the molecule is CCOC(=O)C(Cc1ccccc1)NP(=O)(NC(Cc1ccccc1)C(=O)OCC)OC[C@H]1O[C@@H](n2cnc3c(OC)nc(C)nc32)C(C)(O)[C@H]1O. The van der Waals surface area contributed by atoms with Crippen LogP contribution in [0.1, 0.15) is 44.0 Å². The van der Waals surface area contributed by atoms with E-state index in [1.165, 1.54) is 24.9 Å². The molecule has 0 bridgehead atoms. The van der Waals surface area contributed by atoms with Crippen LogP contribution in [0, 0.1) is 6.92 Å². The van der Waals surface area contributed by atoms with Crippen molar-refractivity contribution in [1.82, 2.24) is 29.7 Å². The van der Waals surface area contributed by atoms with E-state index in [9.17, 15) is 24.4 Å². The van der Waals surface area contributed by atoms with Crippen molar-refractivity contribution in [3.8, 4) is 5.88 Å². The van der Waals surface area contributed by atoms with Crippen LogP contribution in [0.25, 0.3) is 11.2 Å². The van der Waals surface area contributed by atoms with Gasteiger partial charge in [-0.05, 0) is 51.7 Å². The zero-order chi connectivity index (χ0) is 37.5. The van der Waals surface area contributed by atoms with Crippen molar-refractivity contribution in [1.29, 1.82) is 0 Å². The molecule has 1 saturated heterocycles. The van der Waals surface area contributed by atoms with Crippen LogP contribution < -0.4 is 14.9 Å². The van der Waals surface area contributed by atoms with Crippen LogP contribution in [0.2, 0.25) is 0 Å². The maximum absolute atomic E-state index is 14.9. The number of carbonyl (C=O) groups is 2. The molecule has 52 heavy (non-hydrogen) atoms. The molecule has 17 heteroatoms. The van der Waals surface area contributed by atoms with Gasteiger partial charge in [-0.25, -0.2) is 20.1 Å². The Hall–Kier alpha value is -4.28. The first kappa shape index (κ1) is 38.9. The van der Waals surface area contributed by atoms with Gasteiger partial charge in [0.25, 0.3) is 0 Å². The van der Waals surface area contributed by atoms with E-state index in [0.29, 0.717) is 11.3 Å². The van der Waals surface area contributed by atoms with Crippen molar-refractivity contribution in [3.05, 3.63) is 83.9 Å². The average Bonchev–Trinajstić information content (AvgIpc) is 3.64. The number of nitrogens with one attached hydrogen (secondary N) is 2. The molecule has 1 fully saturated rings. The van der Waals surface area contributed by atoms with Crippen LogP contribution in [-0.2, 0) is 45.7 Å². The Bertz CT molecular complexity index is 1790. The molecule has 0 spiro atoms. The van der Waals surface area contributed by atoms with Gasteiger partial charge < -0.3 is 33.7 Å². The summed E-state index contributed by atoms with van der Waals surface area (Å²) in [5.74, 6) is -0.809. The number of ether oxygens (including phenoxy) is 4. The maximum atomic E-state index is 14.9. The zero-order valence-corrected chi connectivity index (χ0v) is 30.6. The largest absolute Gasteiger partial charge is 0.479 e. The predicted octanol–water partition coefficient (Wildman–Crippen LogP) is 2.81. The second kappa shape index (κ2) is 17.0. The van der Waals surface area contributed by atoms with Gasteiger partial charge in [-0.1, -0.05) is 60.7 Å². The summed E-state index contributed by atoms with van der Waals surface area (Å²) in [5, 5.41) is 28.5. The quantitative estimate of drug-likeness (QED) is 0.0908. The first-order valence-corrected chi connectivity index (χ1v) is 18.5. The molecular weight excluding hydrogens is 695 g/mol. The molecule has 2 aromatic heterocycles. The Kier molecular flexibility index (Phi) is 12.8. The van der Waals surface area contributed by atoms with Crippen molar-refractivity contribution >= 4 is 30.8 Å². The van der Waals surface area contributed by atoms with Gasteiger partial charge in [-0.15, -0.1) is 0 Å². The number of imidazole rings is 1. The smallest absolute Gasteiger partial charge is 0.342 e. The van der Waals surface area contributed by atoms with Gasteiger partial charge in [0.15, 0.2) is 17.4 Å². The molecule has 3 unspecified atom stereocenters. The normalized spacial score (nSPS) is 22.4. The highest BCUT2D eigenvalue weighted by Gasteiger charge is 2.54. The van der Waals surface area contributed by atoms with E-state index in [-0.39, 0.29) is 37.6 Å². The van der Waals surface area contributed by atoms with E-state index < -0.39 is 62.3 Å². The number of rotatable bonds is 17. The fourth-order valence-electron chi connectivity index (χ4n) is 5.94. The molecule has 0 aliphatic carbocycles. The third-order valence-electron chi connectivity index (χ3n) is 8.48. The molecule has 2 aromatic carbocycles. The molecule has 5 rings (SSSR count). The van der Waals surface area contributed by atoms with Crippen LogP contribution in [0.4, 0.5) is 0 Å². The highest BCUT2D eigenvalue weighted by molar-refractivity contribution is 7.54. The van der Waals surface area contributed by atoms with E-state index in [2.05, 4.69) is 25.1 Å². The Labute approximate surface area is 301 Å². The van der Waals surface area contributed by atoms with E-state index in [0.717, 1.165) is 11.1 Å². The number of aryl methyl sites for hydroxylation is 1. The molecule has 16 nitrogen and oxygen atoms in total. The number of esters is 2. The number of aliphatic hydroxyl groups excluding tert-OH is 1. The van der Waals surface area contributed by atoms with Crippen molar-refractivity contribution < 1.29 is 47.8 Å². The Morgan fingerprint density at radius 2 is 1.50 bits per heavy atom. The molecule has 4 aromatic rings. The molecule has 1 aliphatic heterocycles. The van der Waals surface area contributed by atoms with E-state index >= 15 is 0 Å². The van der Waals surface area contributed by atoms with Crippen molar-refractivity contribution in [2.75, 3.05) is 26.9 Å². The van der Waals surface area contributed by atoms with Crippen LogP contribution in [0.3, 0.4) is 0 Å². The first-order chi connectivity index (χ1) is 24.9. The summed E-state index contributed by atoms with van der Waals surface area (Å²) in [6.07, 6.45) is -2.54. The minimum atomic E-state index is -4.45. The summed E-state index contributed by atoms with van der Waals surface area (Å²) in [4.78, 5) is 39.6. The van der Waals surface area contributed by atoms with Crippen molar-refractivity contribution in [2.24, 2.45) is 0 Å². The average molecular weight is 741 g/mol. The standard InChI is InChI=1S/C35H45N6O10P/c1-6-48-32(43)25(18-23-14-10-8-11-15-23)39-52(46,40-26(33(44)49-7-2)19-24-16-12-9-13-17-24)50-20-27-29(42)35(4,45)34(51-27)41-21-36-28-30(41)37-22(3)38-31(28)47-5/h8-17,21,25-27,29,34,42,45H,6-7,18-20H2,1-5H3,(H2,39,40,46)/t25?,26?,27-,29+,34-,35?,52?/m1/s1. The number of nitrogens with zero attached hydrogens (tertiary/aromatic N) is 4. The van der Waals surface area contributed by atoms with Gasteiger partial charge in [0.05, 0.1) is 33.3 Å². The lowest BCUT2D eigenvalue weighted by molar-refractivity contribution is -0.145. The minimum absolute atomic E-state index is 0.0572. The van der Waals surface area contributed by atoms with E-state index in [1.54, 1.807) is 69.3 Å². The lowest BCUT2D eigenvalue weighted by Crippen LogP contribution is -2.47. The van der Waals surface area contributed by atoms with Gasteiger partial charge in [0.2, 0.25) is 5.88 Å². The summed E-state index contributed by atoms with van der Waals surface area (Å²) in [6.45, 7) is 5.90. The van der Waals surface area contributed by atoms with Gasteiger partial charge in [-0.2, -0.15) is 4.98 Å². The van der Waals surface area contributed by atoms with Gasteiger partial charge >= 0.3 is 19.6 Å². The Morgan fingerprint density at radius 1 is 0.962 bits per heavy atom. The second-order valence-corrected chi connectivity index (χ2v) is 14.3. The zero-order valence-electron chi connectivity index (χ0n) is 29.7. The molecular formula is C35H45N6O10P. The van der Waals surface area contributed by atoms with Crippen molar-refractivity contribution in [3.63, 3.8) is 0 Å². The number of hydrogen-bond acceptors (Lipinski definition) is 13. The molecule has 0 radical (unpaired) electrons. The number of carbonyl (C=O) groups excluding carboxylic acids is 2. The molecule has 3 heterocycles. The third-order valence-corrected chi connectivity index (χ3v) is 10.3. The number of hydrogen-bond donors (Lipinski definition) is 4. The summed E-state index contributed by atoms with van der Waals surface area (Å²) in [5.41, 5.74) is 0.158. The fourth-order valence-corrected chi connectivity index (χ4v) is 7.73. The van der Waals surface area contributed by atoms with Crippen LogP contribution in [0.5, 0.6) is 5.88 Å². The molecule has 0 saturated carbocycles. The molecule has 4 N–H and O–H groups in total. The lowest BCUT2D eigenvalue weighted by Gasteiger charge is -2.30. The summed E-state index contributed by atoms with van der Waals surface area (Å²) >= 11 is 0. The van der Waals surface area contributed by atoms with Crippen LogP contribution in [0.15, 0.2) is 67.0 Å². The fraction of sp³-hybridized carbons (Fsp3) is 0.457. The topological polar surface area (TPSA) is 205 Å². The maximum Gasteiger partial charge on any atom is 0.342 e. The Balaban J connectivity index is 1.46. The minimum Gasteiger partial charge on any atom is -0.479 e. The van der Waals surface area contributed by atoms with E-state index in [4.69, 9.17) is 23.5 Å². The van der Waals surface area contributed by atoms with Gasteiger partial charge in [0, 0.05) is 0 Å². The predicted molar refractivity (Wildman–Crippen MR) is 188 cm³/mol. The number of aliphatic hydroxyl groups is 2. The summed E-state index contributed by atoms with van der Waals surface area (Å²) in [6, 6.07) is 15.7. The molecule has 0 amide bonds. The van der Waals surface area contributed by atoms with Gasteiger partial charge in [0.1, 0.15) is 35.7 Å². The highest BCUT2D eigenvalue weighted by Crippen LogP contribution is 2.44. The number of fused-ring (bicyclic) bond motifs is 1. The molecule has 280 valence electrons. The first-order valence-electron chi connectivity index (χ1n) is 16.9.